The van der Waals surface area contributed by atoms with E-state index in [2.05, 4.69) is 4.74 Å². The summed E-state index contributed by atoms with van der Waals surface area (Å²) in [5, 5.41) is 1.35. The minimum atomic E-state index is -1.08. The normalized spacial score (nSPS) is 14.5. The van der Waals surface area contributed by atoms with E-state index in [9.17, 15) is 9.00 Å². The van der Waals surface area contributed by atoms with Crippen LogP contribution in [0.2, 0.25) is 0 Å². The maximum atomic E-state index is 10.6. The number of hydrogen-bond donors (Lipinski definition) is 0. The summed E-state index contributed by atoms with van der Waals surface area (Å²) in [6.45, 7) is 1.56. The zero-order chi connectivity index (χ0) is 8.15. The molecule has 0 N–H and O–H groups in total. The zero-order valence-corrected chi connectivity index (χ0v) is 7.03. The van der Waals surface area contributed by atoms with Crippen molar-refractivity contribution in [1.82, 2.24) is 0 Å². The van der Waals surface area contributed by atoms with E-state index < -0.39 is 16.8 Å². The minimum absolute atomic E-state index is 0.378. The van der Waals surface area contributed by atoms with Gasteiger partial charge in [-0.1, -0.05) is 0 Å². The molecule has 1 atom stereocenters. The van der Waals surface area contributed by atoms with Crippen molar-refractivity contribution < 1.29 is 13.7 Å². The molecule has 0 rings (SSSR count). The molecule has 0 aromatic rings. The number of ether oxygens (including phenoxy) is 1. The summed E-state index contributed by atoms with van der Waals surface area (Å²) in [4.78, 5) is 10.6. The quantitative estimate of drug-likeness (QED) is 0.437. The predicted octanol–water partition coefficient (Wildman–Crippen LogP) is 0.442. The van der Waals surface area contributed by atoms with Crippen LogP contribution in [0.1, 0.15) is 6.92 Å². The summed E-state index contributed by atoms with van der Waals surface area (Å²) in [5.74, 6) is -0.435. The van der Waals surface area contributed by atoms with Crippen LogP contribution in [0.15, 0.2) is 11.0 Å². The van der Waals surface area contributed by atoms with Gasteiger partial charge in [0.1, 0.15) is 0 Å². The van der Waals surface area contributed by atoms with Gasteiger partial charge < -0.3 is 4.74 Å². The van der Waals surface area contributed by atoms with Gasteiger partial charge in [-0.25, -0.2) is 4.79 Å². The second-order valence-electron chi connectivity index (χ2n) is 1.79. The van der Waals surface area contributed by atoms with Crippen molar-refractivity contribution in [3.05, 3.63) is 11.0 Å². The Morgan fingerprint density at radius 1 is 1.60 bits per heavy atom. The summed E-state index contributed by atoms with van der Waals surface area (Å²) >= 11 is 0. The Morgan fingerprint density at radius 3 is 2.40 bits per heavy atom. The molecule has 0 amide bonds. The molecule has 10 heavy (non-hydrogen) atoms. The van der Waals surface area contributed by atoms with Gasteiger partial charge in [-0.2, -0.15) is 0 Å². The molecular weight excluding hydrogens is 152 g/mol. The molecule has 0 saturated heterocycles. The van der Waals surface area contributed by atoms with Gasteiger partial charge >= 0.3 is 5.97 Å². The van der Waals surface area contributed by atoms with E-state index in [1.165, 1.54) is 18.8 Å². The molecule has 58 valence electrons. The smallest absolute Gasteiger partial charge is 0.334 e. The average Bonchev–Trinajstić information content (AvgIpc) is 1.85. The highest BCUT2D eigenvalue weighted by Gasteiger charge is 2.01. The lowest BCUT2D eigenvalue weighted by molar-refractivity contribution is -0.136. The Bertz CT molecular complexity index is 183. The number of rotatable bonds is 2. The van der Waals surface area contributed by atoms with Crippen molar-refractivity contribution in [3.63, 3.8) is 0 Å². The lowest BCUT2D eigenvalue weighted by Crippen LogP contribution is -2.02. The molecule has 0 aromatic heterocycles. The molecule has 1 unspecified atom stereocenters. The maximum absolute atomic E-state index is 10.6. The number of hydrogen-bond acceptors (Lipinski definition) is 3. The molecule has 0 aliphatic rings. The Morgan fingerprint density at radius 2 is 2.10 bits per heavy atom. The molecule has 0 aliphatic heterocycles. The first-order valence-electron chi connectivity index (χ1n) is 2.67. The summed E-state index contributed by atoms with van der Waals surface area (Å²) in [6, 6.07) is 0. The number of esters is 1. The molecule has 0 saturated carbocycles. The van der Waals surface area contributed by atoms with Crippen molar-refractivity contribution in [2.75, 3.05) is 13.4 Å². The largest absolute Gasteiger partial charge is 0.466 e. The molecule has 0 fully saturated rings. The fraction of sp³-hybridized carbons (Fsp3) is 0.500. The van der Waals surface area contributed by atoms with Gasteiger partial charge in [0.15, 0.2) is 0 Å². The topological polar surface area (TPSA) is 43.4 Å². The molecular formula is C6H10O3S. The van der Waals surface area contributed by atoms with Gasteiger partial charge in [0, 0.05) is 28.0 Å². The van der Waals surface area contributed by atoms with Crippen LogP contribution in [0.25, 0.3) is 0 Å². The van der Waals surface area contributed by atoms with Crippen LogP contribution in [0.4, 0.5) is 0 Å². The van der Waals surface area contributed by atoms with Crippen molar-refractivity contribution in [2.45, 2.75) is 6.92 Å². The van der Waals surface area contributed by atoms with Crippen LogP contribution in [0.5, 0.6) is 0 Å². The SMILES string of the molecule is COC(=O)C(C)=CS(C)=O. The number of carbonyl (C=O) groups excluding carboxylic acids is 1. The van der Waals surface area contributed by atoms with Gasteiger partial charge in [0.05, 0.1) is 7.11 Å². The van der Waals surface area contributed by atoms with Gasteiger partial charge in [-0.05, 0) is 6.92 Å². The van der Waals surface area contributed by atoms with E-state index in [-0.39, 0.29) is 0 Å². The molecule has 4 heteroatoms. The van der Waals surface area contributed by atoms with E-state index in [1.807, 2.05) is 0 Å². The van der Waals surface area contributed by atoms with Crippen LogP contribution in [-0.4, -0.2) is 23.5 Å². The molecule has 0 radical (unpaired) electrons. The van der Waals surface area contributed by atoms with Crippen molar-refractivity contribution in [2.24, 2.45) is 0 Å². The first-order chi connectivity index (χ1) is 4.57. The van der Waals surface area contributed by atoms with E-state index in [1.54, 1.807) is 6.92 Å². The molecule has 0 heterocycles. The van der Waals surface area contributed by atoms with E-state index in [0.717, 1.165) is 0 Å². The van der Waals surface area contributed by atoms with Crippen molar-refractivity contribution >= 4 is 16.8 Å². The molecule has 3 nitrogen and oxygen atoms in total. The second kappa shape index (κ2) is 4.22. The first-order valence-corrected chi connectivity index (χ1v) is 4.29. The molecule has 0 aliphatic carbocycles. The van der Waals surface area contributed by atoms with Crippen LogP contribution in [0.3, 0.4) is 0 Å². The second-order valence-corrected chi connectivity index (χ2v) is 3.02. The number of carbonyl (C=O) groups is 1. The Balaban J connectivity index is 4.19. The van der Waals surface area contributed by atoms with Gasteiger partial charge in [-0.15, -0.1) is 0 Å². The third kappa shape index (κ3) is 3.40. The maximum Gasteiger partial charge on any atom is 0.334 e. The monoisotopic (exact) mass is 162 g/mol. The fourth-order valence-corrected chi connectivity index (χ4v) is 1.05. The van der Waals surface area contributed by atoms with Crippen LogP contribution in [0, 0.1) is 0 Å². The molecule has 0 spiro atoms. The number of methoxy groups -OCH3 is 1. The van der Waals surface area contributed by atoms with Crippen LogP contribution in [-0.2, 0) is 20.3 Å². The van der Waals surface area contributed by atoms with Crippen molar-refractivity contribution in [1.29, 1.82) is 0 Å². The summed E-state index contributed by atoms with van der Waals surface area (Å²) < 4.78 is 14.9. The highest BCUT2D eigenvalue weighted by Crippen LogP contribution is 1.95. The predicted molar refractivity (Wildman–Crippen MR) is 39.8 cm³/mol. The van der Waals surface area contributed by atoms with Crippen LogP contribution >= 0.6 is 0 Å². The standard InChI is InChI=1S/C6H10O3S/c1-5(4-10(3)8)6(7)9-2/h4H,1-3H3. The molecule has 0 bridgehead atoms. The molecule has 0 aromatic carbocycles. The minimum Gasteiger partial charge on any atom is -0.466 e. The Kier molecular flexibility index (Phi) is 3.95. The van der Waals surface area contributed by atoms with E-state index in [0.29, 0.717) is 5.57 Å². The average molecular weight is 162 g/mol. The summed E-state index contributed by atoms with van der Waals surface area (Å²) in [5.41, 5.74) is 0.378. The first kappa shape index (κ1) is 9.36. The van der Waals surface area contributed by atoms with Crippen LogP contribution < -0.4 is 0 Å². The zero-order valence-electron chi connectivity index (χ0n) is 6.21. The fourth-order valence-electron chi connectivity index (χ4n) is 0.458. The van der Waals surface area contributed by atoms with Crippen molar-refractivity contribution in [3.8, 4) is 0 Å². The summed E-state index contributed by atoms with van der Waals surface area (Å²) in [7, 11) is 0.209. The van der Waals surface area contributed by atoms with Gasteiger partial charge in [0.2, 0.25) is 0 Å². The van der Waals surface area contributed by atoms with E-state index in [4.69, 9.17) is 0 Å². The van der Waals surface area contributed by atoms with E-state index >= 15 is 0 Å². The van der Waals surface area contributed by atoms with Gasteiger partial charge in [-0.3, -0.25) is 4.21 Å². The lowest BCUT2D eigenvalue weighted by Gasteiger charge is -1.95. The lowest BCUT2D eigenvalue weighted by atomic mass is 10.4. The summed E-state index contributed by atoms with van der Waals surface area (Å²) in [6.07, 6.45) is 1.49. The third-order valence-corrected chi connectivity index (χ3v) is 1.54. The Hall–Kier alpha value is -0.640. The highest BCUT2D eigenvalue weighted by molar-refractivity contribution is 7.87. The Labute approximate surface area is 62.5 Å². The van der Waals surface area contributed by atoms with Gasteiger partial charge in [0.25, 0.3) is 0 Å². The third-order valence-electron chi connectivity index (χ3n) is 0.850. The highest BCUT2D eigenvalue weighted by atomic mass is 32.2.